The number of carbonyl (C=O) groups is 1. The molecule has 1 aromatic heterocycles. The Hall–Kier alpha value is -1.60. The number of carbonyl (C=O) groups excluding carboxylic acids is 1. The summed E-state index contributed by atoms with van der Waals surface area (Å²) in [6.07, 6.45) is 2.45. The average molecular weight is 291 g/mol. The Morgan fingerprint density at radius 1 is 1.59 bits per heavy atom. The number of aromatic amines is 1. The van der Waals surface area contributed by atoms with Gasteiger partial charge in [0.15, 0.2) is 5.78 Å². The molecule has 1 atom stereocenters. The fourth-order valence-corrected chi connectivity index (χ4v) is 1.99. The number of nitrogens with zero attached hydrogens (tertiary/aromatic N) is 1. The van der Waals surface area contributed by atoms with E-state index in [0.717, 1.165) is 17.3 Å². The summed E-state index contributed by atoms with van der Waals surface area (Å²) in [7, 11) is 0. The molecule has 0 spiro atoms. The second-order valence-corrected chi connectivity index (χ2v) is 4.92. The second kappa shape index (κ2) is 4.72. The van der Waals surface area contributed by atoms with E-state index < -0.39 is 0 Å². The highest BCUT2D eigenvalue weighted by molar-refractivity contribution is 9.10. The van der Waals surface area contributed by atoms with Gasteiger partial charge >= 0.3 is 0 Å². The fourth-order valence-electron chi connectivity index (χ4n) is 1.75. The van der Waals surface area contributed by atoms with Crippen LogP contribution in [0, 0.1) is 11.3 Å². The number of Topliss-reactive ketones (excluding diaryl/α,β-unsaturated/α-hetero) is 1. The van der Waals surface area contributed by atoms with Crippen molar-refractivity contribution in [3.63, 3.8) is 0 Å². The smallest absolute Gasteiger partial charge is 0.178 e. The standard InChI is InChI=1S/C13H11BrN2O/c1-2-11(14)13(17)10-7-16-12-4-3-8(6-15)5-9(10)12/h3-5,7,11,16H,2H2,1H3. The minimum atomic E-state index is -0.174. The monoisotopic (exact) mass is 290 g/mol. The first-order chi connectivity index (χ1) is 8.17. The summed E-state index contributed by atoms with van der Waals surface area (Å²) >= 11 is 3.36. The highest BCUT2D eigenvalue weighted by Crippen LogP contribution is 2.23. The van der Waals surface area contributed by atoms with Gasteiger partial charge in [-0.3, -0.25) is 4.79 Å². The van der Waals surface area contributed by atoms with E-state index in [1.165, 1.54) is 0 Å². The summed E-state index contributed by atoms with van der Waals surface area (Å²) in [4.78, 5) is 15.0. The van der Waals surface area contributed by atoms with E-state index in [4.69, 9.17) is 5.26 Å². The lowest BCUT2D eigenvalue weighted by Gasteiger charge is -2.04. The number of nitriles is 1. The third-order valence-electron chi connectivity index (χ3n) is 2.72. The summed E-state index contributed by atoms with van der Waals surface area (Å²) in [6.45, 7) is 1.95. The van der Waals surface area contributed by atoms with Gasteiger partial charge in [0.05, 0.1) is 16.5 Å². The van der Waals surface area contributed by atoms with Crippen LogP contribution in [0.1, 0.15) is 29.3 Å². The Labute approximate surface area is 108 Å². The normalized spacial score (nSPS) is 12.3. The molecule has 1 aromatic carbocycles. The molecule has 1 heterocycles. The van der Waals surface area contributed by atoms with Crippen LogP contribution in [0.25, 0.3) is 10.9 Å². The first-order valence-corrected chi connectivity index (χ1v) is 6.28. The van der Waals surface area contributed by atoms with E-state index >= 15 is 0 Å². The van der Waals surface area contributed by atoms with E-state index in [-0.39, 0.29) is 10.6 Å². The molecule has 2 aromatic rings. The van der Waals surface area contributed by atoms with Gasteiger partial charge in [-0.05, 0) is 24.6 Å². The third-order valence-corrected chi connectivity index (χ3v) is 3.78. The number of H-pyrrole nitrogens is 1. The first kappa shape index (κ1) is 11.9. The molecule has 2 rings (SSSR count). The summed E-state index contributed by atoms with van der Waals surface area (Å²) in [5, 5.41) is 9.68. The lowest BCUT2D eigenvalue weighted by atomic mass is 10.0. The Bertz CT molecular complexity index is 609. The van der Waals surface area contributed by atoms with Crippen LogP contribution in [-0.2, 0) is 0 Å². The lowest BCUT2D eigenvalue weighted by molar-refractivity contribution is 0.0992. The number of fused-ring (bicyclic) bond motifs is 1. The predicted molar refractivity (Wildman–Crippen MR) is 70.4 cm³/mol. The maximum absolute atomic E-state index is 12.1. The van der Waals surface area contributed by atoms with Crippen molar-refractivity contribution in [2.45, 2.75) is 18.2 Å². The van der Waals surface area contributed by atoms with Crippen LogP contribution in [0.2, 0.25) is 0 Å². The van der Waals surface area contributed by atoms with Crippen molar-refractivity contribution in [2.24, 2.45) is 0 Å². The van der Waals surface area contributed by atoms with Crippen LogP contribution < -0.4 is 0 Å². The van der Waals surface area contributed by atoms with Crippen LogP contribution in [0.5, 0.6) is 0 Å². The van der Waals surface area contributed by atoms with E-state index in [1.54, 1.807) is 18.3 Å². The molecule has 0 saturated carbocycles. The van der Waals surface area contributed by atoms with Gasteiger partial charge in [0.2, 0.25) is 0 Å². The molecule has 17 heavy (non-hydrogen) atoms. The van der Waals surface area contributed by atoms with E-state index in [9.17, 15) is 4.79 Å². The molecule has 1 unspecified atom stereocenters. The van der Waals surface area contributed by atoms with Crippen molar-refractivity contribution >= 4 is 32.6 Å². The van der Waals surface area contributed by atoms with Gasteiger partial charge in [0.1, 0.15) is 0 Å². The minimum absolute atomic E-state index is 0.0499. The zero-order valence-corrected chi connectivity index (χ0v) is 10.9. The largest absolute Gasteiger partial charge is 0.360 e. The molecule has 0 aliphatic carbocycles. The fraction of sp³-hybridized carbons (Fsp3) is 0.231. The molecule has 1 N–H and O–H groups in total. The van der Waals surface area contributed by atoms with Crippen molar-refractivity contribution in [1.82, 2.24) is 4.98 Å². The predicted octanol–water partition coefficient (Wildman–Crippen LogP) is 3.40. The van der Waals surface area contributed by atoms with Crippen molar-refractivity contribution in [3.8, 4) is 6.07 Å². The second-order valence-electron chi connectivity index (χ2n) is 3.81. The summed E-state index contributed by atoms with van der Waals surface area (Å²) in [5.41, 5.74) is 2.08. The SMILES string of the molecule is CCC(Br)C(=O)c1c[nH]c2ccc(C#N)cc12. The van der Waals surface area contributed by atoms with Gasteiger partial charge < -0.3 is 4.98 Å². The number of ketones is 1. The molecule has 0 amide bonds. The van der Waals surface area contributed by atoms with Gasteiger partial charge in [-0.25, -0.2) is 0 Å². The van der Waals surface area contributed by atoms with Crippen LogP contribution in [0.15, 0.2) is 24.4 Å². The molecule has 0 saturated heterocycles. The van der Waals surface area contributed by atoms with Crippen molar-refractivity contribution in [1.29, 1.82) is 5.26 Å². The Kier molecular flexibility index (Phi) is 3.30. The molecule has 0 fully saturated rings. The molecule has 3 nitrogen and oxygen atoms in total. The Morgan fingerprint density at radius 2 is 2.35 bits per heavy atom. The number of alkyl halides is 1. The summed E-state index contributed by atoms with van der Waals surface area (Å²) in [5.74, 6) is 0.0499. The van der Waals surface area contributed by atoms with Crippen LogP contribution in [-0.4, -0.2) is 15.6 Å². The van der Waals surface area contributed by atoms with Crippen molar-refractivity contribution in [3.05, 3.63) is 35.5 Å². The van der Waals surface area contributed by atoms with Crippen LogP contribution >= 0.6 is 15.9 Å². The molecule has 86 valence electrons. The summed E-state index contributed by atoms with van der Waals surface area (Å²) < 4.78 is 0. The highest BCUT2D eigenvalue weighted by atomic mass is 79.9. The zero-order valence-electron chi connectivity index (χ0n) is 9.33. The maximum Gasteiger partial charge on any atom is 0.178 e. The van der Waals surface area contributed by atoms with Crippen molar-refractivity contribution in [2.75, 3.05) is 0 Å². The van der Waals surface area contributed by atoms with E-state index in [1.807, 2.05) is 13.0 Å². The number of hydrogen-bond donors (Lipinski definition) is 1. The number of aromatic nitrogens is 1. The highest BCUT2D eigenvalue weighted by Gasteiger charge is 2.18. The number of hydrogen-bond acceptors (Lipinski definition) is 2. The summed E-state index contributed by atoms with van der Waals surface area (Å²) in [6, 6.07) is 7.38. The van der Waals surface area contributed by atoms with Gasteiger partial charge in [0, 0.05) is 22.7 Å². The number of rotatable bonds is 3. The first-order valence-electron chi connectivity index (χ1n) is 5.37. The van der Waals surface area contributed by atoms with Crippen LogP contribution in [0.3, 0.4) is 0 Å². The maximum atomic E-state index is 12.1. The van der Waals surface area contributed by atoms with Crippen molar-refractivity contribution < 1.29 is 4.79 Å². The Balaban J connectivity index is 2.55. The van der Waals surface area contributed by atoms with Gasteiger partial charge in [0.25, 0.3) is 0 Å². The lowest BCUT2D eigenvalue weighted by Crippen LogP contribution is -2.12. The minimum Gasteiger partial charge on any atom is -0.360 e. The average Bonchev–Trinajstić information content (AvgIpc) is 2.79. The molecule has 0 radical (unpaired) electrons. The van der Waals surface area contributed by atoms with Gasteiger partial charge in [-0.1, -0.05) is 22.9 Å². The van der Waals surface area contributed by atoms with E-state index in [0.29, 0.717) is 11.1 Å². The molecule has 0 bridgehead atoms. The molecule has 0 aliphatic rings. The zero-order chi connectivity index (χ0) is 12.4. The quantitative estimate of drug-likeness (QED) is 0.696. The molecule has 4 heteroatoms. The topological polar surface area (TPSA) is 56.6 Å². The molecule has 0 aliphatic heterocycles. The Morgan fingerprint density at radius 3 is 3.00 bits per heavy atom. The number of benzene rings is 1. The number of nitrogens with one attached hydrogen (secondary N) is 1. The van der Waals surface area contributed by atoms with Crippen LogP contribution in [0.4, 0.5) is 0 Å². The number of halogens is 1. The molecular weight excluding hydrogens is 280 g/mol. The van der Waals surface area contributed by atoms with Gasteiger partial charge in [-0.15, -0.1) is 0 Å². The van der Waals surface area contributed by atoms with Gasteiger partial charge in [-0.2, -0.15) is 5.26 Å². The third kappa shape index (κ3) is 2.11. The molecular formula is C13H11BrN2O. The van der Waals surface area contributed by atoms with E-state index in [2.05, 4.69) is 27.0 Å².